The Hall–Kier alpha value is -2.30. The number of benzene rings is 1. The molecule has 1 aromatic carbocycles. The van der Waals surface area contributed by atoms with Crippen molar-refractivity contribution in [1.82, 2.24) is 9.80 Å². The minimum Gasteiger partial charge on any atom is -0.335 e. The molecule has 3 heterocycles. The molecule has 0 spiro atoms. The van der Waals surface area contributed by atoms with Crippen molar-refractivity contribution < 1.29 is 22.4 Å². The molecule has 1 N–H and O–H groups in total. The minimum atomic E-state index is -2.93. The first-order valence-corrected chi connectivity index (χ1v) is 12.8. The van der Waals surface area contributed by atoms with Gasteiger partial charge >= 0.3 is 0 Å². The second kappa shape index (κ2) is 8.68. The van der Waals surface area contributed by atoms with Crippen LogP contribution in [-0.2, 0) is 9.84 Å². The zero-order chi connectivity index (χ0) is 22.2. The Balaban J connectivity index is 1.37. The highest BCUT2D eigenvalue weighted by Crippen LogP contribution is 2.29. The molecule has 2 amide bonds. The minimum absolute atomic E-state index is 0.0513. The highest BCUT2D eigenvalue weighted by atomic mass is 32.2. The number of carbonyl (C=O) groups excluding carboxylic acids is 2. The molecule has 31 heavy (non-hydrogen) atoms. The summed E-state index contributed by atoms with van der Waals surface area (Å²) in [6.07, 6.45) is 0.661. The van der Waals surface area contributed by atoms with Crippen molar-refractivity contribution in [3.05, 3.63) is 52.2 Å². The summed E-state index contributed by atoms with van der Waals surface area (Å²) in [4.78, 5) is 29.9. The number of aryl methyl sites for hydroxylation is 1. The second-order valence-corrected chi connectivity index (χ2v) is 11.3. The van der Waals surface area contributed by atoms with E-state index in [1.165, 1.54) is 29.5 Å². The fourth-order valence-corrected chi connectivity index (χ4v) is 6.86. The lowest BCUT2D eigenvalue weighted by atomic mass is 10.2. The molecule has 2 saturated heterocycles. The third kappa shape index (κ3) is 4.97. The standard InChI is InChI=1S/C21H24FN3O4S2/c1-14-11-18(23-20(26)15-3-2-4-16(22)12-15)30-19(14)21(27)25-8-6-24(7-9-25)17-5-10-31(28,29)13-17/h2-4,11-12,17H,5-10,13H2,1H3,(H,23,26). The van der Waals surface area contributed by atoms with E-state index >= 15 is 0 Å². The molecule has 0 aliphatic carbocycles. The number of anilines is 1. The molecule has 0 radical (unpaired) electrons. The predicted octanol–water partition coefficient (Wildman–Crippen LogP) is 2.39. The van der Waals surface area contributed by atoms with Gasteiger partial charge in [-0.15, -0.1) is 11.3 Å². The smallest absolute Gasteiger partial charge is 0.264 e. The largest absolute Gasteiger partial charge is 0.335 e. The van der Waals surface area contributed by atoms with Crippen molar-refractivity contribution >= 4 is 38.0 Å². The summed E-state index contributed by atoms with van der Waals surface area (Å²) in [6.45, 7) is 4.20. The fourth-order valence-electron chi connectivity index (χ4n) is 4.07. The molecular formula is C21H24FN3O4S2. The number of hydrogen-bond donors (Lipinski definition) is 1. The van der Waals surface area contributed by atoms with E-state index in [2.05, 4.69) is 10.2 Å². The molecule has 2 aromatic rings. The van der Waals surface area contributed by atoms with Crippen molar-refractivity contribution in [3.8, 4) is 0 Å². The number of nitrogens with zero attached hydrogens (tertiary/aromatic N) is 2. The number of nitrogens with one attached hydrogen (secondary N) is 1. The van der Waals surface area contributed by atoms with Gasteiger partial charge in [0.2, 0.25) is 0 Å². The van der Waals surface area contributed by atoms with Crippen LogP contribution in [0.15, 0.2) is 30.3 Å². The maximum absolute atomic E-state index is 13.3. The summed E-state index contributed by atoms with van der Waals surface area (Å²) in [7, 11) is -2.93. The van der Waals surface area contributed by atoms with Gasteiger partial charge in [0.15, 0.2) is 9.84 Å². The van der Waals surface area contributed by atoms with Crippen molar-refractivity contribution in [2.24, 2.45) is 0 Å². The number of rotatable bonds is 4. The van der Waals surface area contributed by atoms with Crippen LogP contribution in [0.3, 0.4) is 0 Å². The number of carbonyl (C=O) groups is 2. The van der Waals surface area contributed by atoms with E-state index in [9.17, 15) is 22.4 Å². The summed E-state index contributed by atoms with van der Waals surface area (Å²) in [5.74, 6) is -0.554. The first kappa shape index (κ1) is 21.9. The molecule has 1 atom stereocenters. The number of hydrogen-bond acceptors (Lipinski definition) is 6. The number of amides is 2. The van der Waals surface area contributed by atoms with Crippen LogP contribution in [-0.4, -0.2) is 73.8 Å². The van der Waals surface area contributed by atoms with Crippen molar-refractivity contribution in [3.63, 3.8) is 0 Å². The Kier molecular flexibility index (Phi) is 6.14. The summed E-state index contributed by atoms with van der Waals surface area (Å²) in [6, 6.07) is 7.23. The third-order valence-corrected chi connectivity index (χ3v) is 8.65. The molecule has 4 rings (SSSR count). The molecule has 2 aliphatic heterocycles. The van der Waals surface area contributed by atoms with Gasteiger partial charge in [-0.3, -0.25) is 14.5 Å². The molecule has 0 saturated carbocycles. The summed E-state index contributed by atoms with van der Waals surface area (Å²) < 4.78 is 36.8. The van der Waals surface area contributed by atoms with Crippen LogP contribution in [0.1, 0.15) is 32.0 Å². The Bertz CT molecular complexity index is 1110. The SMILES string of the molecule is Cc1cc(NC(=O)c2cccc(F)c2)sc1C(=O)N1CCN(C2CCS(=O)(=O)C2)CC1. The Morgan fingerprint density at radius 2 is 1.90 bits per heavy atom. The number of piperazine rings is 1. The first-order chi connectivity index (χ1) is 14.7. The average molecular weight is 466 g/mol. The molecule has 0 bridgehead atoms. The maximum Gasteiger partial charge on any atom is 0.264 e. The van der Waals surface area contributed by atoms with Crippen LogP contribution in [0, 0.1) is 12.7 Å². The fraction of sp³-hybridized carbons (Fsp3) is 0.429. The molecule has 7 nitrogen and oxygen atoms in total. The Morgan fingerprint density at radius 1 is 1.16 bits per heavy atom. The number of thiophene rings is 1. The summed E-state index contributed by atoms with van der Waals surface area (Å²) >= 11 is 1.20. The summed E-state index contributed by atoms with van der Waals surface area (Å²) in [5, 5.41) is 3.27. The van der Waals surface area contributed by atoms with E-state index in [4.69, 9.17) is 0 Å². The van der Waals surface area contributed by atoms with E-state index < -0.39 is 21.6 Å². The first-order valence-electron chi connectivity index (χ1n) is 10.1. The molecule has 2 fully saturated rings. The Morgan fingerprint density at radius 3 is 2.55 bits per heavy atom. The van der Waals surface area contributed by atoms with Crippen molar-refractivity contribution in [2.75, 3.05) is 43.0 Å². The zero-order valence-corrected chi connectivity index (χ0v) is 18.8. The van der Waals surface area contributed by atoms with Gasteiger partial charge in [-0.25, -0.2) is 12.8 Å². The van der Waals surface area contributed by atoms with Crippen LogP contribution in [0.25, 0.3) is 0 Å². The monoisotopic (exact) mass is 465 g/mol. The molecule has 1 unspecified atom stereocenters. The maximum atomic E-state index is 13.3. The molecule has 166 valence electrons. The highest BCUT2D eigenvalue weighted by Gasteiger charge is 2.34. The van der Waals surface area contributed by atoms with E-state index in [0.717, 1.165) is 11.6 Å². The van der Waals surface area contributed by atoms with Gasteiger partial charge in [0.25, 0.3) is 11.8 Å². The lowest BCUT2D eigenvalue weighted by Crippen LogP contribution is -2.52. The molecule has 10 heteroatoms. The van der Waals surface area contributed by atoms with Gasteiger partial charge in [-0.2, -0.15) is 0 Å². The van der Waals surface area contributed by atoms with Gasteiger partial charge < -0.3 is 10.2 Å². The quantitative estimate of drug-likeness (QED) is 0.749. The van der Waals surface area contributed by atoms with E-state index in [1.807, 2.05) is 6.92 Å². The normalized spacial score (nSPS) is 21.2. The topological polar surface area (TPSA) is 86.8 Å². The molecule has 1 aromatic heterocycles. The predicted molar refractivity (Wildman–Crippen MR) is 118 cm³/mol. The number of sulfone groups is 1. The van der Waals surface area contributed by atoms with Crippen LogP contribution in [0.4, 0.5) is 9.39 Å². The lowest BCUT2D eigenvalue weighted by molar-refractivity contribution is 0.0591. The van der Waals surface area contributed by atoms with E-state index in [1.54, 1.807) is 11.0 Å². The van der Waals surface area contributed by atoms with Gasteiger partial charge in [0.05, 0.1) is 21.4 Å². The van der Waals surface area contributed by atoms with Crippen molar-refractivity contribution in [1.29, 1.82) is 0 Å². The van der Waals surface area contributed by atoms with Crippen LogP contribution in [0.2, 0.25) is 0 Å². The Labute approximate surface area is 184 Å². The lowest BCUT2D eigenvalue weighted by Gasteiger charge is -2.37. The van der Waals surface area contributed by atoms with Gasteiger partial charge in [0.1, 0.15) is 5.82 Å². The third-order valence-electron chi connectivity index (χ3n) is 5.76. The van der Waals surface area contributed by atoms with Crippen LogP contribution in [0.5, 0.6) is 0 Å². The van der Waals surface area contributed by atoms with Gasteiger partial charge in [-0.05, 0) is 43.2 Å². The number of halogens is 1. The summed E-state index contributed by atoms with van der Waals surface area (Å²) in [5.41, 5.74) is 0.984. The molecular weight excluding hydrogens is 441 g/mol. The molecule has 2 aliphatic rings. The average Bonchev–Trinajstić information content (AvgIpc) is 3.29. The van der Waals surface area contributed by atoms with Crippen molar-refractivity contribution in [2.45, 2.75) is 19.4 Å². The second-order valence-electron chi connectivity index (χ2n) is 7.97. The highest BCUT2D eigenvalue weighted by molar-refractivity contribution is 7.91. The van der Waals surface area contributed by atoms with Gasteiger partial charge in [-0.1, -0.05) is 6.07 Å². The van der Waals surface area contributed by atoms with Crippen LogP contribution >= 0.6 is 11.3 Å². The van der Waals surface area contributed by atoms with Crippen LogP contribution < -0.4 is 5.32 Å². The van der Waals surface area contributed by atoms with E-state index in [0.29, 0.717) is 42.5 Å². The van der Waals surface area contributed by atoms with E-state index in [-0.39, 0.29) is 29.0 Å². The zero-order valence-electron chi connectivity index (χ0n) is 17.1. The van der Waals surface area contributed by atoms with Gasteiger partial charge in [0, 0.05) is 37.8 Å².